The van der Waals surface area contributed by atoms with E-state index in [-0.39, 0.29) is 17.9 Å². The minimum Gasteiger partial charge on any atom is -0.383 e. The highest BCUT2D eigenvalue weighted by Gasteiger charge is 2.39. The number of carbonyl (C=O) groups excluding carboxylic acids is 2. The summed E-state index contributed by atoms with van der Waals surface area (Å²) in [5.41, 5.74) is 8.91. The van der Waals surface area contributed by atoms with Crippen LogP contribution in [0.15, 0.2) is 48.8 Å². The van der Waals surface area contributed by atoms with E-state index in [4.69, 9.17) is 10.5 Å². The van der Waals surface area contributed by atoms with Crippen molar-refractivity contribution in [2.45, 2.75) is 64.1 Å². The van der Waals surface area contributed by atoms with Gasteiger partial charge in [-0.15, -0.1) is 0 Å². The van der Waals surface area contributed by atoms with Crippen molar-refractivity contribution in [3.63, 3.8) is 0 Å². The summed E-state index contributed by atoms with van der Waals surface area (Å²) in [4.78, 5) is 35.6. The maximum Gasteiger partial charge on any atom is 0.256 e. The first-order chi connectivity index (χ1) is 19.0. The maximum absolute atomic E-state index is 13.7. The van der Waals surface area contributed by atoms with Gasteiger partial charge in [-0.1, -0.05) is 24.3 Å². The summed E-state index contributed by atoms with van der Waals surface area (Å²) < 4.78 is 5.44. The van der Waals surface area contributed by atoms with Crippen LogP contribution in [-0.4, -0.2) is 78.6 Å². The van der Waals surface area contributed by atoms with Crippen LogP contribution in [0, 0.1) is 18.8 Å². The van der Waals surface area contributed by atoms with Gasteiger partial charge in [0.25, 0.3) is 5.91 Å². The molecular weight excluding hydrogens is 490 g/mol. The number of benzene rings is 1. The number of ether oxygens (including phenoxy) is 1. The number of aromatic nitrogens is 1. The number of carbonyl (C=O) groups is 2. The third-order valence-electron chi connectivity index (χ3n) is 8.65. The highest BCUT2D eigenvalue weighted by molar-refractivity contribution is 5.97. The smallest absolute Gasteiger partial charge is 0.256 e. The van der Waals surface area contributed by atoms with Crippen molar-refractivity contribution < 1.29 is 14.3 Å². The molecule has 1 saturated heterocycles. The number of hydrogen-bond donors (Lipinski definition) is 2. The van der Waals surface area contributed by atoms with Crippen LogP contribution in [0.3, 0.4) is 0 Å². The van der Waals surface area contributed by atoms with E-state index in [1.807, 2.05) is 0 Å². The Morgan fingerprint density at radius 2 is 1.87 bits per heavy atom. The van der Waals surface area contributed by atoms with Gasteiger partial charge in [0.2, 0.25) is 5.91 Å². The molecule has 0 radical (unpaired) electrons. The average molecular weight is 536 g/mol. The highest BCUT2D eigenvalue weighted by Crippen LogP contribution is 2.29. The number of nitrogens with zero attached hydrogens (tertiary/aromatic N) is 3. The summed E-state index contributed by atoms with van der Waals surface area (Å²) in [5.74, 6) is 0.890. The number of nitrogens with two attached hydrogens (primary N) is 1. The molecule has 2 fully saturated rings. The van der Waals surface area contributed by atoms with Gasteiger partial charge in [0.1, 0.15) is 6.04 Å². The first-order valence-corrected chi connectivity index (χ1v) is 14.5. The second-order valence-corrected chi connectivity index (χ2v) is 11.2. The Bertz CT molecular complexity index is 1060. The first kappa shape index (κ1) is 29.2. The van der Waals surface area contributed by atoms with Gasteiger partial charge in [-0.25, -0.2) is 0 Å². The summed E-state index contributed by atoms with van der Waals surface area (Å²) in [6, 6.07) is 11.6. The number of hydrogen-bond acceptors (Lipinski definition) is 6. The Morgan fingerprint density at radius 1 is 1.10 bits per heavy atom. The number of nitrogens with one attached hydrogen (secondary N) is 1. The van der Waals surface area contributed by atoms with Crippen LogP contribution in [-0.2, 0) is 16.1 Å². The summed E-state index contributed by atoms with van der Waals surface area (Å²) in [7, 11) is 1.72. The fourth-order valence-corrected chi connectivity index (χ4v) is 6.06. The summed E-state index contributed by atoms with van der Waals surface area (Å²) in [6.45, 7) is 6.23. The number of rotatable bonds is 11. The summed E-state index contributed by atoms with van der Waals surface area (Å²) in [6.07, 6.45) is 9.07. The molecule has 3 N–H and O–H groups in total. The lowest BCUT2D eigenvalue weighted by Gasteiger charge is -2.43. The van der Waals surface area contributed by atoms with Crippen molar-refractivity contribution in [2.24, 2.45) is 17.6 Å². The lowest BCUT2D eigenvalue weighted by atomic mass is 9.82. The molecule has 1 unspecified atom stereocenters. The molecule has 1 saturated carbocycles. The van der Waals surface area contributed by atoms with Crippen LogP contribution in [0.2, 0.25) is 0 Å². The third kappa shape index (κ3) is 7.87. The molecule has 2 amide bonds. The van der Waals surface area contributed by atoms with E-state index in [0.717, 1.165) is 51.7 Å². The maximum atomic E-state index is 13.7. The average Bonchev–Trinajstić information content (AvgIpc) is 2.99. The number of pyridine rings is 1. The van der Waals surface area contributed by atoms with Gasteiger partial charge in [-0.3, -0.25) is 19.5 Å². The molecule has 2 aromatic rings. The van der Waals surface area contributed by atoms with Crippen LogP contribution in [0.25, 0.3) is 0 Å². The molecule has 8 heteroatoms. The van der Waals surface area contributed by atoms with E-state index in [2.05, 4.69) is 46.4 Å². The van der Waals surface area contributed by atoms with Crippen molar-refractivity contribution >= 4 is 11.8 Å². The number of amides is 2. The molecule has 1 aliphatic carbocycles. The van der Waals surface area contributed by atoms with Gasteiger partial charge in [0.15, 0.2) is 0 Å². The third-order valence-corrected chi connectivity index (χ3v) is 8.65. The van der Waals surface area contributed by atoms with Crippen molar-refractivity contribution in [3.8, 4) is 0 Å². The molecular formula is C31H45N5O3. The van der Waals surface area contributed by atoms with Gasteiger partial charge in [-0.2, -0.15) is 0 Å². The Balaban J connectivity index is 1.49. The van der Waals surface area contributed by atoms with E-state index < -0.39 is 6.04 Å². The molecule has 1 aromatic heterocycles. The first-order valence-electron chi connectivity index (χ1n) is 14.5. The van der Waals surface area contributed by atoms with Crippen LogP contribution in [0.4, 0.5) is 0 Å². The highest BCUT2D eigenvalue weighted by atomic mass is 16.5. The Morgan fingerprint density at radius 3 is 2.56 bits per heavy atom. The van der Waals surface area contributed by atoms with Crippen molar-refractivity contribution in [1.29, 1.82) is 0 Å². The van der Waals surface area contributed by atoms with Crippen LogP contribution < -0.4 is 11.1 Å². The molecule has 39 heavy (non-hydrogen) atoms. The molecule has 4 rings (SSSR count). The van der Waals surface area contributed by atoms with Crippen molar-refractivity contribution in [3.05, 3.63) is 65.5 Å². The second-order valence-electron chi connectivity index (χ2n) is 11.2. The number of piperidine rings is 1. The lowest BCUT2D eigenvalue weighted by Crippen LogP contribution is -2.58. The predicted octanol–water partition coefficient (Wildman–Crippen LogP) is 3.39. The monoisotopic (exact) mass is 535 g/mol. The van der Waals surface area contributed by atoms with Gasteiger partial charge in [0.05, 0.1) is 12.2 Å². The van der Waals surface area contributed by atoms with Gasteiger partial charge >= 0.3 is 0 Å². The number of methoxy groups -OCH3 is 1. The summed E-state index contributed by atoms with van der Waals surface area (Å²) in [5, 5.41) is 3.23. The predicted molar refractivity (Wildman–Crippen MR) is 153 cm³/mol. The number of aryl methyl sites for hydroxylation is 1. The zero-order valence-corrected chi connectivity index (χ0v) is 23.6. The fourth-order valence-electron chi connectivity index (χ4n) is 6.06. The minimum absolute atomic E-state index is 0.0551. The van der Waals surface area contributed by atoms with Crippen LogP contribution >= 0.6 is 0 Å². The van der Waals surface area contributed by atoms with Gasteiger partial charge in [-0.05, 0) is 87.1 Å². The molecule has 2 heterocycles. The molecule has 2 atom stereocenters. The molecule has 0 spiro atoms. The quantitative estimate of drug-likeness (QED) is 0.458. The Hall–Kier alpha value is -2.81. The van der Waals surface area contributed by atoms with E-state index >= 15 is 0 Å². The molecule has 1 aromatic carbocycles. The van der Waals surface area contributed by atoms with Crippen molar-refractivity contribution in [1.82, 2.24) is 20.1 Å². The zero-order chi connectivity index (χ0) is 27.6. The topological polar surface area (TPSA) is 101 Å². The van der Waals surface area contributed by atoms with Gasteiger partial charge in [0, 0.05) is 51.7 Å². The van der Waals surface area contributed by atoms with Crippen molar-refractivity contribution in [2.75, 3.05) is 39.9 Å². The molecule has 0 bridgehead atoms. The van der Waals surface area contributed by atoms with Crippen LogP contribution in [0.5, 0.6) is 0 Å². The van der Waals surface area contributed by atoms with E-state index in [0.29, 0.717) is 43.5 Å². The fraction of sp³-hybridized carbons (Fsp3) is 0.581. The van der Waals surface area contributed by atoms with Gasteiger partial charge < -0.3 is 20.7 Å². The molecule has 1 aliphatic heterocycles. The SMILES string of the molecule is COCCN(Cc1ccccc1C)C1CCN(C(=O)c2cccnc2)[C@@H](C(=O)NCC2CCC(CN)CC2)C1. The van der Waals surface area contributed by atoms with E-state index in [1.165, 1.54) is 11.1 Å². The lowest BCUT2D eigenvalue weighted by molar-refractivity contribution is -0.128. The molecule has 212 valence electrons. The zero-order valence-electron chi connectivity index (χ0n) is 23.6. The second kappa shape index (κ2) is 14.5. The molecule has 2 aliphatic rings. The minimum atomic E-state index is -0.529. The standard InChI is InChI=1S/C31H45N5O3/c1-23-6-3-4-7-27(23)22-35(16-17-39-2)28-13-15-36(31(38)26-8-5-14-33-21-26)29(18-28)30(37)34-20-25-11-9-24(19-32)10-12-25/h3-8,14,21,24-25,28-29H,9-13,15-20,22,32H2,1-2H3,(H,34,37)/t24?,25?,28?,29-/m1/s1. The van der Waals surface area contributed by atoms with E-state index in [1.54, 1.807) is 36.5 Å². The van der Waals surface area contributed by atoms with Crippen LogP contribution in [0.1, 0.15) is 60.0 Å². The normalized spacial score (nSPS) is 23.5. The summed E-state index contributed by atoms with van der Waals surface area (Å²) >= 11 is 0. The Labute approximate surface area is 233 Å². The van der Waals surface area contributed by atoms with E-state index in [9.17, 15) is 9.59 Å². The molecule has 8 nitrogen and oxygen atoms in total. The number of likely N-dealkylation sites (tertiary alicyclic amines) is 1. The Kier molecular flexibility index (Phi) is 10.9. The largest absolute Gasteiger partial charge is 0.383 e.